The first kappa shape index (κ1) is 21.6. The van der Waals surface area contributed by atoms with Crippen molar-refractivity contribution in [2.24, 2.45) is 5.92 Å². The number of aliphatic carboxylic acids is 1. The van der Waals surface area contributed by atoms with Gasteiger partial charge in [-0.1, -0.05) is 48.5 Å². The average Bonchev–Trinajstić information content (AvgIpc) is 3.10. The van der Waals surface area contributed by atoms with Crippen molar-refractivity contribution in [3.63, 3.8) is 0 Å². The number of carboxylic acids is 1. The highest BCUT2D eigenvalue weighted by molar-refractivity contribution is 5.97. The zero-order valence-electron chi connectivity index (χ0n) is 18.0. The van der Waals surface area contributed by atoms with E-state index in [1.165, 1.54) is 11.0 Å². The summed E-state index contributed by atoms with van der Waals surface area (Å²) in [6.07, 6.45) is -0.763. The third-order valence-electron chi connectivity index (χ3n) is 6.25. The van der Waals surface area contributed by atoms with Crippen molar-refractivity contribution in [3.8, 4) is 11.1 Å². The molecule has 7 nitrogen and oxygen atoms in total. The fraction of sp³-hybridized carbons (Fsp3) is 0.192. The minimum atomic E-state index is -0.971. The maximum atomic E-state index is 14.1. The molecule has 0 radical (unpaired) electrons. The van der Waals surface area contributed by atoms with Gasteiger partial charge in [0.05, 0.1) is 5.92 Å². The highest BCUT2D eigenvalue weighted by Crippen LogP contribution is 2.44. The number of amides is 2. The number of rotatable bonds is 5. The van der Waals surface area contributed by atoms with Crippen molar-refractivity contribution in [2.45, 2.75) is 5.92 Å². The van der Waals surface area contributed by atoms with Crippen molar-refractivity contribution in [1.82, 2.24) is 4.90 Å². The summed E-state index contributed by atoms with van der Waals surface area (Å²) in [6, 6.07) is 19.4. The molecule has 172 valence electrons. The molecule has 8 heteroatoms. The van der Waals surface area contributed by atoms with E-state index in [0.717, 1.165) is 34.4 Å². The van der Waals surface area contributed by atoms with E-state index >= 15 is 0 Å². The molecule has 34 heavy (non-hydrogen) atoms. The third-order valence-corrected chi connectivity index (χ3v) is 6.25. The number of carboxylic acid groups (broad SMARTS) is 1. The molecule has 1 heterocycles. The van der Waals surface area contributed by atoms with E-state index in [1.54, 1.807) is 0 Å². The Kier molecular flexibility index (Phi) is 5.49. The summed E-state index contributed by atoms with van der Waals surface area (Å²) in [4.78, 5) is 37.3. The van der Waals surface area contributed by atoms with E-state index < -0.39 is 29.7 Å². The lowest BCUT2D eigenvalue weighted by molar-refractivity contribution is -0.146. The van der Waals surface area contributed by atoms with Gasteiger partial charge < -0.3 is 14.7 Å². The summed E-state index contributed by atoms with van der Waals surface area (Å²) < 4.78 is 19.6. The molecule has 0 aromatic heterocycles. The summed E-state index contributed by atoms with van der Waals surface area (Å²) in [5, 5.41) is 11.5. The number of carbonyl (C=O) groups excluding carboxylic acids is 2. The number of likely N-dealkylation sites (tertiary alicyclic amines) is 1. The van der Waals surface area contributed by atoms with Gasteiger partial charge in [-0.15, -0.1) is 0 Å². The summed E-state index contributed by atoms with van der Waals surface area (Å²) in [7, 11) is 0. The van der Waals surface area contributed by atoms with Crippen LogP contribution in [0.1, 0.15) is 27.4 Å². The molecule has 0 spiro atoms. The number of nitrogens with zero attached hydrogens (tertiary/aromatic N) is 1. The predicted octanol–water partition coefficient (Wildman–Crippen LogP) is 4.34. The lowest BCUT2D eigenvalue weighted by Crippen LogP contribution is -2.53. The van der Waals surface area contributed by atoms with E-state index in [1.807, 2.05) is 48.5 Å². The molecular formula is C26H21FN2O5. The molecule has 0 unspecified atom stereocenters. The van der Waals surface area contributed by atoms with Crippen molar-refractivity contribution >= 4 is 23.7 Å². The minimum absolute atomic E-state index is 0.0257. The number of anilines is 1. The summed E-state index contributed by atoms with van der Waals surface area (Å²) in [5.74, 6) is -2.89. The van der Waals surface area contributed by atoms with Gasteiger partial charge in [0, 0.05) is 30.3 Å². The zero-order valence-corrected chi connectivity index (χ0v) is 18.0. The number of benzene rings is 3. The van der Waals surface area contributed by atoms with Crippen LogP contribution in [0.4, 0.5) is 14.9 Å². The maximum Gasteiger partial charge on any atom is 0.411 e. The van der Waals surface area contributed by atoms with Gasteiger partial charge in [-0.05, 0) is 40.5 Å². The second kappa shape index (κ2) is 8.62. The van der Waals surface area contributed by atoms with Gasteiger partial charge in [-0.2, -0.15) is 0 Å². The largest absolute Gasteiger partial charge is 0.481 e. The Morgan fingerprint density at radius 2 is 1.59 bits per heavy atom. The Bertz CT molecular complexity index is 1260. The van der Waals surface area contributed by atoms with E-state index in [-0.39, 0.29) is 36.9 Å². The van der Waals surface area contributed by atoms with Gasteiger partial charge >= 0.3 is 12.1 Å². The number of carbonyl (C=O) groups is 3. The average molecular weight is 460 g/mol. The number of nitrogens with one attached hydrogen (secondary N) is 1. The van der Waals surface area contributed by atoms with Crippen LogP contribution in [0.3, 0.4) is 0 Å². The molecule has 1 fully saturated rings. The summed E-state index contributed by atoms with van der Waals surface area (Å²) >= 11 is 0. The van der Waals surface area contributed by atoms with Gasteiger partial charge in [-0.25, -0.2) is 9.18 Å². The molecule has 1 saturated heterocycles. The van der Waals surface area contributed by atoms with Gasteiger partial charge in [0.25, 0.3) is 5.91 Å². The topological polar surface area (TPSA) is 95.9 Å². The number of ether oxygens (including phenoxy) is 1. The van der Waals surface area contributed by atoms with Crippen LogP contribution in [-0.2, 0) is 9.53 Å². The Morgan fingerprint density at radius 3 is 2.21 bits per heavy atom. The third kappa shape index (κ3) is 3.98. The number of halogens is 1. The second-order valence-electron chi connectivity index (χ2n) is 8.42. The van der Waals surface area contributed by atoms with Crippen molar-refractivity contribution in [2.75, 3.05) is 25.0 Å². The highest BCUT2D eigenvalue weighted by Gasteiger charge is 2.36. The van der Waals surface area contributed by atoms with Crippen molar-refractivity contribution < 1.29 is 28.6 Å². The molecular weight excluding hydrogens is 439 g/mol. The molecule has 0 bridgehead atoms. The molecule has 1 aliphatic heterocycles. The first-order chi connectivity index (χ1) is 16.4. The van der Waals surface area contributed by atoms with Crippen LogP contribution in [0.25, 0.3) is 11.1 Å². The zero-order chi connectivity index (χ0) is 23.8. The van der Waals surface area contributed by atoms with Crippen LogP contribution in [0.5, 0.6) is 0 Å². The molecule has 0 saturated carbocycles. The van der Waals surface area contributed by atoms with Gasteiger partial charge in [0.1, 0.15) is 12.4 Å². The fourth-order valence-electron chi connectivity index (χ4n) is 4.52. The van der Waals surface area contributed by atoms with Crippen LogP contribution in [-0.4, -0.2) is 47.7 Å². The Labute approximate surface area is 194 Å². The Balaban J connectivity index is 1.25. The van der Waals surface area contributed by atoms with E-state index in [2.05, 4.69) is 5.32 Å². The second-order valence-corrected chi connectivity index (χ2v) is 8.42. The smallest absolute Gasteiger partial charge is 0.411 e. The summed E-state index contributed by atoms with van der Waals surface area (Å²) in [6.45, 7) is 0.241. The Morgan fingerprint density at radius 1 is 0.971 bits per heavy atom. The normalized spacial score (nSPS) is 14.7. The molecule has 0 atom stereocenters. The van der Waals surface area contributed by atoms with Gasteiger partial charge in [0.2, 0.25) is 0 Å². The van der Waals surface area contributed by atoms with Crippen LogP contribution >= 0.6 is 0 Å². The van der Waals surface area contributed by atoms with Gasteiger partial charge in [0.15, 0.2) is 0 Å². The molecule has 1 aliphatic carbocycles. The number of fused-ring (bicyclic) bond motifs is 3. The first-order valence-electron chi connectivity index (χ1n) is 10.9. The van der Waals surface area contributed by atoms with Gasteiger partial charge in [-0.3, -0.25) is 14.9 Å². The first-order valence-corrected chi connectivity index (χ1v) is 10.9. The number of hydrogen-bond donors (Lipinski definition) is 2. The summed E-state index contributed by atoms with van der Waals surface area (Å²) in [5.41, 5.74) is 4.47. The lowest BCUT2D eigenvalue weighted by Gasteiger charge is -2.36. The standard InChI is InChI=1S/C26H21FN2O5/c27-17-9-15(24(30)29-12-16(13-29)25(31)32)10-18(11-17)28-26(33)34-14-23-21-7-3-1-5-19(21)20-6-2-4-8-22(20)23/h1-11,16,23H,12-14H2,(H,28,33)(H,31,32). The highest BCUT2D eigenvalue weighted by atomic mass is 19.1. The van der Waals surface area contributed by atoms with Crippen LogP contribution in [0.2, 0.25) is 0 Å². The van der Waals surface area contributed by atoms with Crippen molar-refractivity contribution in [3.05, 3.63) is 89.2 Å². The molecule has 2 N–H and O–H groups in total. The maximum absolute atomic E-state index is 14.1. The molecule has 3 aromatic rings. The minimum Gasteiger partial charge on any atom is -0.481 e. The van der Waals surface area contributed by atoms with Crippen LogP contribution < -0.4 is 5.32 Å². The molecule has 5 rings (SSSR count). The lowest BCUT2D eigenvalue weighted by atomic mass is 9.98. The van der Waals surface area contributed by atoms with E-state index in [0.29, 0.717) is 0 Å². The SMILES string of the molecule is O=C(Nc1cc(F)cc(C(=O)N2CC(C(=O)O)C2)c1)OCC1c2ccccc2-c2ccccc21. The monoisotopic (exact) mass is 460 g/mol. The van der Waals surface area contributed by atoms with Crippen LogP contribution in [0.15, 0.2) is 66.7 Å². The Hall–Kier alpha value is -4.20. The quantitative estimate of drug-likeness (QED) is 0.591. The molecule has 2 amide bonds. The molecule has 2 aliphatic rings. The van der Waals surface area contributed by atoms with E-state index in [4.69, 9.17) is 9.84 Å². The fourth-order valence-corrected chi connectivity index (χ4v) is 4.52. The predicted molar refractivity (Wildman–Crippen MR) is 122 cm³/mol. The number of hydrogen-bond acceptors (Lipinski definition) is 4. The van der Waals surface area contributed by atoms with E-state index in [9.17, 15) is 18.8 Å². The van der Waals surface area contributed by atoms with Crippen LogP contribution in [0, 0.1) is 11.7 Å². The van der Waals surface area contributed by atoms with Crippen molar-refractivity contribution in [1.29, 1.82) is 0 Å². The molecule has 3 aromatic carbocycles.